The molecular weight excluding hydrogens is 333 g/mol. The number of nitrogens with zero attached hydrogens (tertiary/aromatic N) is 1. The summed E-state index contributed by atoms with van der Waals surface area (Å²) in [6.45, 7) is 0. The van der Waals surface area contributed by atoms with Crippen molar-refractivity contribution < 1.29 is 17.2 Å². The van der Waals surface area contributed by atoms with E-state index in [1.807, 2.05) is 0 Å². The van der Waals surface area contributed by atoms with Gasteiger partial charge in [-0.1, -0.05) is 35.9 Å². The molecule has 0 spiro atoms. The summed E-state index contributed by atoms with van der Waals surface area (Å²) in [5.41, 5.74) is 0.941. The SMILES string of the molecule is O=[N+]([O-])c1ccc(Cl)c(C=Cc2ccc(S(=O)(=O)F)cc2)c1. The third kappa shape index (κ3) is 3.90. The minimum absolute atomic E-state index is 0.0945. The first-order valence-electron chi connectivity index (χ1n) is 5.94. The maximum atomic E-state index is 12.7. The van der Waals surface area contributed by atoms with Crippen molar-refractivity contribution in [3.05, 3.63) is 68.7 Å². The van der Waals surface area contributed by atoms with Gasteiger partial charge in [-0.15, -0.1) is 3.89 Å². The Kier molecular flexibility index (Phi) is 4.58. The number of nitro benzene ring substituents is 1. The Morgan fingerprint density at radius 1 is 1.09 bits per heavy atom. The first-order chi connectivity index (χ1) is 10.3. The summed E-state index contributed by atoms with van der Waals surface area (Å²) in [6.07, 6.45) is 3.13. The van der Waals surface area contributed by atoms with E-state index in [1.54, 1.807) is 12.2 Å². The molecule has 22 heavy (non-hydrogen) atoms. The molecule has 0 unspecified atom stereocenters. The van der Waals surface area contributed by atoms with Crippen LogP contribution < -0.4 is 0 Å². The average molecular weight is 342 g/mol. The van der Waals surface area contributed by atoms with E-state index in [0.717, 1.165) is 12.1 Å². The number of hydrogen-bond acceptors (Lipinski definition) is 4. The van der Waals surface area contributed by atoms with Crippen LogP contribution >= 0.6 is 11.6 Å². The quantitative estimate of drug-likeness (QED) is 0.363. The fourth-order valence-corrected chi connectivity index (χ4v) is 2.34. The Labute approximate surface area is 131 Å². The Morgan fingerprint density at radius 2 is 1.73 bits per heavy atom. The highest BCUT2D eigenvalue weighted by molar-refractivity contribution is 7.86. The molecule has 0 bridgehead atoms. The van der Waals surface area contributed by atoms with Crippen LogP contribution in [0.25, 0.3) is 12.2 Å². The van der Waals surface area contributed by atoms with Crippen molar-refractivity contribution >= 4 is 39.7 Å². The van der Waals surface area contributed by atoms with Crippen LogP contribution in [0.15, 0.2) is 47.4 Å². The van der Waals surface area contributed by atoms with E-state index in [0.29, 0.717) is 16.1 Å². The lowest BCUT2D eigenvalue weighted by molar-refractivity contribution is -0.384. The van der Waals surface area contributed by atoms with Crippen molar-refractivity contribution in [3.8, 4) is 0 Å². The second-order valence-corrected chi connectivity index (χ2v) is 6.06. The summed E-state index contributed by atoms with van der Waals surface area (Å²) in [5, 5.41) is 11.1. The Balaban J connectivity index is 2.29. The van der Waals surface area contributed by atoms with E-state index in [1.165, 1.54) is 30.3 Å². The molecule has 2 aromatic carbocycles. The molecule has 0 aliphatic carbocycles. The summed E-state index contributed by atoms with van der Waals surface area (Å²) >= 11 is 5.95. The van der Waals surface area contributed by atoms with Crippen LogP contribution in [0.4, 0.5) is 9.57 Å². The van der Waals surface area contributed by atoms with E-state index < -0.39 is 20.0 Å². The van der Waals surface area contributed by atoms with Gasteiger partial charge < -0.3 is 0 Å². The fraction of sp³-hybridized carbons (Fsp3) is 0. The van der Waals surface area contributed by atoms with Crippen molar-refractivity contribution in [2.45, 2.75) is 4.90 Å². The number of benzene rings is 2. The lowest BCUT2D eigenvalue weighted by Crippen LogP contribution is -1.91. The van der Waals surface area contributed by atoms with Gasteiger partial charge in [-0.05, 0) is 29.3 Å². The molecule has 0 atom stereocenters. The molecule has 2 aromatic rings. The van der Waals surface area contributed by atoms with Crippen LogP contribution in [-0.4, -0.2) is 13.3 Å². The standard InChI is InChI=1S/C14H9ClFNO4S/c15-14-8-5-12(17(18)19)9-11(14)4-1-10-2-6-13(7-3-10)22(16,20)21/h1-9H. The summed E-state index contributed by atoms with van der Waals surface area (Å²) in [6, 6.07) is 9.11. The smallest absolute Gasteiger partial charge is 0.258 e. The van der Waals surface area contributed by atoms with Gasteiger partial charge in [0.05, 0.1) is 9.82 Å². The maximum absolute atomic E-state index is 12.7. The normalized spacial score (nSPS) is 11.7. The van der Waals surface area contributed by atoms with Crippen LogP contribution in [0.1, 0.15) is 11.1 Å². The summed E-state index contributed by atoms with van der Waals surface area (Å²) < 4.78 is 34.2. The van der Waals surface area contributed by atoms with E-state index in [9.17, 15) is 22.4 Å². The molecule has 0 aromatic heterocycles. The molecule has 0 amide bonds. The number of nitro groups is 1. The Morgan fingerprint density at radius 3 is 2.27 bits per heavy atom. The van der Waals surface area contributed by atoms with E-state index in [4.69, 9.17) is 11.6 Å². The van der Waals surface area contributed by atoms with Crippen LogP contribution in [0.2, 0.25) is 5.02 Å². The van der Waals surface area contributed by atoms with Gasteiger partial charge in [-0.3, -0.25) is 10.1 Å². The molecule has 0 radical (unpaired) electrons. The van der Waals surface area contributed by atoms with Gasteiger partial charge >= 0.3 is 10.2 Å². The zero-order chi connectivity index (χ0) is 16.3. The van der Waals surface area contributed by atoms with Crippen LogP contribution in [0.3, 0.4) is 0 Å². The molecule has 2 rings (SSSR count). The van der Waals surface area contributed by atoms with Gasteiger partial charge in [0, 0.05) is 17.2 Å². The van der Waals surface area contributed by atoms with Gasteiger partial charge in [0.1, 0.15) is 0 Å². The first kappa shape index (κ1) is 16.1. The Bertz CT molecular complexity index is 848. The maximum Gasteiger partial charge on any atom is 0.332 e. The molecule has 0 saturated carbocycles. The molecular formula is C14H9ClFNO4S. The molecule has 0 heterocycles. The van der Waals surface area contributed by atoms with Crippen molar-refractivity contribution in [3.63, 3.8) is 0 Å². The molecule has 0 saturated heterocycles. The molecule has 0 fully saturated rings. The number of hydrogen-bond donors (Lipinski definition) is 0. The van der Waals surface area contributed by atoms with Crippen molar-refractivity contribution in [2.24, 2.45) is 0 Å². The van der Waals surface area contributed by atoms with Gasteiger partial charge in [-0.25, -0.2) is 0 Å². The highest BCUT2D eigenvalue weighted by Crippen LogP contribution is 2.24. The fourth-order valence-electron chi connectivity index (χ4n) is 1.70. The zero-order valence-corrected chi connectivity index (χ0v) is 12.5. The van der Waals surface area contributed by atoms with Crippen molar-refractivity contribution in [2.75, 3.05) is 0 Å². The van der Waals surface area contributed by atoms with E-state index >= 15 is 0 Å². The lowest BCUT2D eigenvalue weighted by atomic mass is 10.1. The molecule has 8 heteroatoms. The second kappa shape index (κ2) is 6.25. The minimum atomic E-state index is -4.73. The van der Waals surface area contributed by atoms with Crippen LogP contribution in [0, 0.1) is 10.1 Å². The average Bonchev–Trinajstić information content (AvgIpc) is 2.45. The zero-order valence-electron chi connectivity index (χ0n) is 10.9. The molecule has 114 valence electrons. The number of non-ortho nitro benzene ring substituents is 1. The van der Waals surface area contributed by atoms with Gasteiger partial charge in [-0.2, -0.15) is 8.42 Å². The first-order valence-corrected chi connectivity index (χ1v) is 7.70. The monoisotopic (exact) mass is 341 g/mol. The molecule has 0 aliphatic rings. The van der Waals surface area contributed by atoms with Crippen LogP contribution in [0.5, 0.6) is 0 Å². The third-order valence-corrected chi connectivity index (χ3v) is 3.99. The largest absolute Gasteiger partial charge is 0.332 e. The second-order valence-electron chi connectivity index (χ2n) is 4.30. The van der Waals surface area contributed by atoms with E-state index in [-0.39, 0.29) is 5.69 Å². The molecule has 5 nitrogen and oxygen atoms in total. The lowest BCUT2D eigenvalue weighted by Gasteiger charge is -1.99. The van der Waals surface area contributed by atoms with Crippen molar-refractivity contribution in [1.29, 1.82) is 0 Å². The minimum Gasteiger partial charge on any atom is -0.258 e. The molecule has 0 aliphatic heterocycles. The summed E-state index contributed by atoms with van der Waals surface area (Å²) in [7, 11) is -4.73. The van der Waals surface area contributed by atoms with E-state index in [2.05, 4.69) is 0 Å². The highest BCUT2D eigenvalue weighted by atomic mass is 35.5. The Hall–Kier alpha value is -2.25. The third-order valence-electron chi connectivity index (χ3n) is 2.81. The predicted octanol–water partition coefficient (Wildman–Crippen LogP) is 4.08. The van der Waals surface area contributed by atoms with Gasteiger partial charge in [0.25, 0.3) is 5.69 Å². The van der Waals surface area contributed by atoms with Gasteiger partial charge in [0.15, 0.2) is 0 Å². The van der Waals surface area contributed by atoms with Gasteiger partial charge in [0.2, 0.25) is 0 Å². The van der Waals surface area contributed by atoms with Crippen LogP contribution in [-0.2, 0) is 10.2 Å². The molecule has 0 N–H and O–H groups in total. The van der Waals surface area contributed by atoms with Crippen molar-refractivity contribution in [1.82, 2.24) is 0 Å². The topological polar surface area (TPSA) is 77.3 Å². The summed E-state index contributed by atoms with van der Waals surface area (Å²) in [5.74, 6) is 0. The summed E-state index contributed by atoms with van der Waals surface area (Å²) in [4.78, 5) is 9.75. The highest BCUT2D eigenvalue weighted by Gasteiger charge is 2.10. The number of rotatable bonds is 4. The predicted molar refractivity (Wildman–Crippen MR) is 81.8 cm³/mol. The number of halogens is 2.